The number of carboxylic acids is 1. The Morgan fingerprint density at radius 1 is 0.821 bits per heavy atom. The number of aliphatic carboxylic acids is 1. The van der Waals surface area contributed by atoms with E-state index in [1.165, 1.54) is 0 Å². The maximum atomic E-state index is 11.8. The largest absolute Gasteiger partial charge is 0.548 e. The van der Waals surface area contributed by atoms with Crippen molar-refractivity contribution in [1.29, 1.82) is 0 Å². The second kappa shape index (κ2) is 11.2. The second-order valence-electron chi connectivity index (χ2n) is 5.85. The summed E-state index contributed by atoms with van der Waals surface area (Å²) in [6, 6.07) is 16.8. The van der Waals surface area contributed by atoms with Gasteiger partial charge in [-0.1, -0.05) is 60.7 Å². The molecule has 0 aliphatic rings. The van der Waals surface area contributed by atoms with Gasteiger partial charge in [0, 0.05) is 6.54 Å². The van der Waals surface area contributed by atoms with Crippen LogP contribution < -0.4 is 15.7 Å². The van der Waals surface area contributed by atoms with Gasteiger partial charge in [0.2, 0.25) is 0 Å². The SMILES string of the molecule is O=C(NCC[C@H](NC(=O)OCc1ccccc1)C(=O)[O-])OCc1ccccc1. The van der Waals surface area contributed by atoms with E-state index in [4.69, 9.17) is 9.47 Å². The van der Waals surface area contributed by atoms with Crippen LogP contribution in [0.4, 0.5) is 9.59 Å². The van der Waals surface area contributed by atoms with Crippen LogP contribution in [0.3, 0.4) is 0 Å². The molecule has 0 fully saturated rings. The van der Waals surface area contributed by atoms with Crippen molar-refractivity contribution in [3.05, 3.63) is 71.8 Å². The zero-order chi connectivity index (χ0) is 20.2. The molecular formula is C20H21N2O6-. The second-order valence-corrected chi connectivity index (χ2v) is 5.85. The van der Waals surface area contributed by atoms with Gasteiger partial charge in [0.25, 0.3) is 0 Å². The number of rotatable bonds is 9. The molecular weight excluding hydrogens is 364 g/mol. The van der Waals surface area contributed by atoms with Crippen molar-refractivity contribution < 1.29 is 29.0 Å². The van der Waals surface area contributed by atoms with Crippen LogP contribution in [-0.2, 0) is 27.5 Å². The van der Waals surface area contributed by atoms with Gasteiger partial charge in [0.05, 0.1) is 12.0 Å². The minimum absolute atomic E-state index is 0.0104. The Kier molecular flexibility index (Phi) is 8.32. The lowest BCUT2D eigenvalue weighted by atomic mass is 10.2. The van der Waals surface area contributed by atoms with Crippen molar-refractivity contribution >= 4 is 18.2 Å². The number of alkyl carbamates (subject to hydrolysis) is 2. The van der Waals surface area contributed by atoms with E-state index < -0.39 is 24.2 Å². The Balaban J connectivity index is 1.68. The summed E-state index contributed by atoms with van der Waals surface area (Å²) in [6.45, 7) is 0.0857. The summed E-state index contributed by atoms with van der Waals surface area (Å²) < 4.78 is 9.98. The Morgan fingerprint density at radius 3 is 1.82 bits per heavy atom. The molecule has 2 aromatic rings. The molecule has 0 unspecified atom stereocenters. The number of hydrogen-bond acceptors (Lipinski definition) is 6. The maximum absolute atomic E-state index is 11.8. The first-order chi connectivity index (χ1) is 13.5. The van der Waals surface area contributed by atoms with Crippen molar-refractivity contribution in [2.24, 2.45) is 0 Å². The predicted octanol–water partition coefficient (Wildman–Crippen LogP) is 1.35. The Bertz CT molecular complexity index is 767. The lowest BCUT2D eigenvalue weighted by Crippen LogP contribution is -2.49. The molecule has 1 atom stereocenters. The van der Waals surface area contributed by atoms with Crippen molar-refractivity contribution in [2.75, 3.05) is 6.54 Å². The molecule has 28 heavy (non-hydrogen) atoms. The van der Waals surface area contributed by atoms with Crippen LogP contribution in [0.25, 0.3) is 0 Å². The highest BCUT2D eigenvalue weighted by molar-refractivity contribution is 5.78. The third-order valence-electron chi connectivity index (χ3n) is 3.70. The average molecular weight is 385 g/mol. The molecule has 8 heteroatoms. The Labute approximate surface area is 162 Å². The fourth-order valence-electron chi connectivity index (χ4n) is 2.25. The summed E-state index contributed by atoms with van der Waals surface area (Å²) in [5.74, 6) is -1.48. The number of carbonyl (C=O) groups is 3. The van der Waals surface area contributed by atoms with Crippen LogP contribution in [0.1, 0.15) is 17.5 Å². The number of nitrogens with one attached hydrogen (secondary N) is 2. The van der Waals surface area contributed by atoms with E-state index in [0.29, 0.717) is 0 Å². The summed E-state index contributed by atoms with van der Waals surface area (Å²) in [6.07, 6.45) is -1.65. The summed E-state index contributed by atoms with van der Waals surface area (Å²) in [5, 5.41) is 15.8. The molecule has 2 amide bonds. The molecule has 8 nitrogen and oxygen atoms in total. The first-order valence-electron chi connectivity index (χ1n) is 8.67. The molecule has 0 saturated heterocycles. The van der Waals surface area contributed by atoms with E-state index in [0.717, 1.165) is 11.1 Å². The van der Waals surface area contributed by atoms with Gasteiger partial charge in [-0.15, -0.1) is 0 Å². The Morgan fingerprint density at radius 2 is 1.32 bits per heavy atom. The van der Waals surface area contributed by atoms with E-state index in [1.807, 2.05) is 36.4 Å². The zero-order valence-corrected chi connectivity index (χ0v) is 15.1. The van der Waals surface area contributed by atoms with Gasteiger partial charge >= 0.3 is 12.2 Å². The van der Waals surface area contributed by atoms with Crippen LogP contribution in [0.5, 0.6) is 0 Å². The normalized spacial score (nSPS) is 11.1. The molecule has 0 aromatic heterocycles. The summed E-state index contributed by atoms with van der Waals surface area (Å²) in [5.41, 5.74) is 1.60. The molecule has 0 heterocycles. The topological polar surface area (TPSA) is 117 Å². The molecule has 2 rings (SSSR count). The summed E-state index contributed by atoms with van der Waals surface area (Å²) in [7, 11) is 0. The summed E-state index contributed by atoms with van der Waals surface area (Å²) >= 11 is 0. The fourth-order valence-corrected chi connectivity index (χ4v) is 2.25. The van der Waals surface area contributed by atoms with Gasteiger partial charge in [0.1, 0.15) is 13.2 Å². The van der Waals surface area contributed by atoms with Gasteiger partial charge in [0.15, 0.2) is 0 Å². The molecule has 2 aromatic carbocycles. The fraction of sp³-hybridized carbons (Fsp3) is 0.250. The molecule has 0 bridgehead atoms. The first-order valence-corrected chi connectivity index (χ1v) is 8.67. The Hall–Kier alpha value is -3.55. The van der Waals surface area contributed by atoms with Crippen LogP contribution in [0.15, 0.2) is 60.7 Å². The number of hydrogen-bond donors (Lipinski definition) is 2. The lowest BCUT2D eigenvalue weighted by Gasteiger charge is -2.19. The molecule has 0 aliphatic carbocycles. The number of benzene rings is 2. The maximum Gasteiger partial charge on any atom is 0.407 e. The van der Waals surface area contributed by atoms with Gasteiger partial charge in [-0.05, 0) is 17.5 Å². The van der Waals surface area contributed by atoms with Crippen LogP contribution >= 0.6 is 0 Å². The zero-order valence-electron chi connectivity index (χ0n) is 15.1. The molecule has 0 spiro atoms. The van der Waals surface area contributed by atoms with Crippen molar-refractivity contribution in [3.63, 3.8) is 0 Å². The molecule has 148 valence electrons. The smallest absolute Gasteiger partial charge is 0.407 e. The quantitative estimate of drug-likeness (QED) is 0.673. The van der Waals surface area contributed by atoms with Gasteiger partial charge in [-0.2, -0.15) is 0 Å². The monoisotopic (exact) mass is 385 g/mol. The highest BCUT2D eigenvalue weighted by atomic mass is 16.6. The number of ether oxygens (including phenoxy) is 2. The van der Waals surface area contributed by atoms with Gasteiger partial charge in [-0.25, -0.2) is 9.59 Å². The summed E-state index contributed by atoms with van der Waals surface area (Å²) in [4.78, 5) is 34.6. The van der Waals surface area contributed by atoms with Crippen molar-refractivity contribution in [1.82, 2.24) is 10.6 Å². The minimum Gasteiger partial charge on any atom is -0.548 e. The number of carbonyl (C=O) groups excluding carboxylic acids is 3. The van der Waals surface area contributed by atoms with Crippen molar-refractivity contribution in [3.8, 4) is 0 Å². The number of carboxylic acid groups (broad SMARTS) is 1. The van der Waals surface area contributed by atoms with Gasteiger partial charge < -0.3 is 30.0 Å². The number of amides is 2. The molecule has 2 N–H and O–H groups in total. The minimum atomic E-state index is -1.48. The molecule has 0 aliphatic heterocycles. The predicted molar refractivity (Wildman–Crippen MR) is 97.8 cm³/mol. The van der Waals surface area contributed by atoms with E-state index >= 15 is 0 Å². The standard InChI is InChI=1S/C20H22N2O6/c23-18(24)17(22-20(26)28-14-16-9-5-2-6-10-16)11-12-21-19(25)27-13-15-7-3-1-4-8-15/h1-10,17H,11-14H2,(H,21,25)(H,22,26)(H,23,24)/p-1/t17-/m0/s1. The van der Waals surface area contributed by atoms with Crippen LogP contribution in [0.2, 0.25) is 0 Å². The van der Waals surface area contributed by atoms with E-state index in [-0.39, 0.29) is 26.2 Å². The van der Waals surface area contributed by atoms with Crippen molar-refractivity contribution in [2.45, 2.75) is 25.7 Å². The van der Waals surface area contributed by atoms with Gasteiger partial charge in [-0.3, -0.25) is 0 Å². The third kappa shape index (κ3) is 7.77. The van der Waals surface area contributed by atoms with Crippen LogP contribution in [-0.4, -0.2) is 30.7 Å². The van der Waals surface area contributed by atoms with E-state index in [1.54, 1.807) is 24.3 Å². The van der Waals surface area contributed by atoms with Crippen LogP contribution in [0, 0.1) is 0 Å². The first kappa shape index (κ1) is 20.8. The molecule has 0 saturated carbocycles. The third-order valence-corrected chi connectivity index (χ3v) is 3.70. The van der Waals surface area contributed by atoms with E-state index in [9.17, 15) is 19.5 Å². The average Bonchev–Trinajstić information content (AvgIpc) is 2.71. The highest BCUT2D eigenvalue weighted by Gasteiger charge is 2.15. The highest BCUT2D eigenvalue weighted by Crippen LogP contribution is 2.02. The van der Waals surface area contributed by atoms with E-state index in [2.05, 4.69) is 10.6 Å². The lowest BCUT2D eigenvalue weighted by molar-refractivity contribution is -0.308. The molecule has 0 radical (unpaired) electrons.